The molecular formula is C19H30ClN3O3. The normalized spacial score (nSPS) is 20.9. The first-order chi connectivity index (χ1) is 11.8. The minimum Gasteiger partial charge on any atom is -0.383 e. The van der Waals surface area contributed by atoms with Crippen molar-refractivity contribution in [2.24, 2.45) is 17.6 Å². The fourth-order valence-corrected chi connectivity index (χ4v) is 3.38. The first kappa shape index (κ1) is 22.4. The number of carbonyl (C=O) groups is 2. The van der Waals surface area contributed by atoms with E-state index in [9.17, 15) is 9.59 Å². The number of ether oxygens (including phenoxy) is 1. The van der Waals surface area contributed by atoms with Crippen molar-refractivity contribution in [1.82, 2.24) is 4.90 Å². The van der Waals surface area contributed by atoms with Gasteiger partial charge in [0.25, 0.3) is 5.91 Å². The van der Waals surface area contributed by atoms with Gasteiger partial charge in [0.15, 0.2) is 0 Å². The average molecular weight is 384 g/mol. The lowest BCUT2D eigenvalue weighted by Gasteiger charge is -2.35. The van der Waals surface area contributed by atoms with Crippen LogP contribution in [-0.4, -0.2) is 49.6 Å². The lowest BCUT2D eigenvalue weighted by atomic mass is 9.91. The molecule has 0 radical (unpaired) electrons. The number of carbonyl (C=O) groups excluding carboxylic acids is 2. The first-order valence-corrected chi connectivity index (χ1v) is 8.77. The Labute approximate surface area is 161 Å². The Bertz CT molecular complexity index is 628. The molecule has 7 heteroatoms. The Morgan fingerprint density at radius 2 is 1.92 bits per heavy atom. The quantitative estimate of drug-likeness (QED) is 0.817. The molecule has 1 heterocycles. The molecule has 1 saturated heterocycles. The number of rotatable bonds is 5. The van der Waals surface area contributed by atoms with Gasteiger partial charge >= 0.3 is 0 Å². The molecule has 6 nitrogen and oxygen atoms in total. The van der Waals surface area contributed by atoms with Crippen LogP contribution >= 0.6 is 12.4 Å². The Balaban J connectivity index is 0.00000338. The van der Waals surface area contributed by atoms with Gasteiger partial charge in [0.2, 0.25) is 5.91 Å². The maximum atomic E-state index is 12.8. The fraction of sp³-hybridized carbons (Fsp3) is 0.579. The van der Waals surface area contributed by atoms with Crippen molar-refractivity contribution in [3.05, 3.63) is 29.3 Å². The average Bonchev–Trinajstić information content (AvgIpc) is 2.55. The summed E-state index contributed by atoms with van der Waals surface area (Å²) in [6, 6.07) is 4.65. The van der Waals surface area contributed by atoms with Crippen LogP contribution in [0.15, 0.2) is 18.2 Å². The maximum absolute atomic E-state index is 12.8. The van der Waals surface area contributed by atoms with Gasteiger partial charge in [0.05, 0.1) is 6.61 Å². The number of aryl methyl sites for hydroxylation is 1. The second-order valence-corrected chi connectivity index (χ2v) is 7.24. The molecule has 0 aliphatic carbocycles. The highest BCUT2D eigenvalue weighted by Crippen LogP contribution is 2.24. The number of nitrogens with two attached hydrogens (primary N) is 1. The maximum Gasteiger partial charge on any atom is 0.253 e. The summed E-state index contributed by atoms with van der Waals surface area (Å²) in [6.45, 7) is 7.93. The second kappa shape index (κ2) is 9.90. The number of methoxy groups -OCH3 is 1. The van der Waals surface area contributed by atoms with Crippen LogP contribution in [0.4, 0.5) is 5.69 Å². The Morgan fingerprint density at radius 1 is 1.31 bits per heavy atom. The van der Waals surface area contributed by atoms with E-state index in [2.05, 4.69) is 19.2 Å². The van der Waals surface area contributed by atoms with Gasteiger partial charge in [0.1, 0.15) is 6.04 Å². The van der Waals surface area contributed by atoms with E-state index in [0.717, 1.165) is 25.1 Å². The number of nitrogens with zero attached hydrogens (tertiary/aromatic N) is 1. The summed E-state index contributed by atoms with van der Waals surface area (Å²) in [5, 5.41) is 2.80. The van der Waals surface area contributed by atoms with Crippen LogP contribution in [0.3, 0.4) is 0 Å². The molecule has 146 valence electrons. The van der Waals surface area contributed by atoms with E-state index in [1.54, 1.807) is 6.07 Å². The van der Waals surface area contributed by atoms with E-state index in [4.69, 9.17) is 10.5 Å². The third kappa shape index (κ3) is 5.69. The summed E-state index contributed by atoms with van der Waals surface area (Å²) in [6.07, 6.45) is 1.15. The SMILES string of the molecule is COCC(N)C(=O)Nc1cc(C(=O)N2CC(C)CC(C)C2)ccc1C.Cl. The number of piperidine rings is 1. The fourth-order valence-electron chi connectivity index (χ4n) is 3.38. The topological polar surface area (TPSA) is 84.7 Å². The largest absolute Gasteiger partial charge is 0.383 e. The monoisotopic (exact) mass is 383 g/mol. The minimum atomic E-state index is -0.743. The number of benzene rings is 1. The van der Waals surface area contributed by atoms with E-state index >= 15 is 0 Å². The minimum absolute atomic E-state index is 0. The summed E-state index contributed by atoms with van der Waals surface area (Å²) in [5.74, 6) is 0.693. The van der Waals surface area contributed by atoms with Crippen molar-refractivity contribution < 1.29 is 14.3 Å². The molecule has 1 fully saturated rings. The van der Waals surface area contributed by atoms with Gasteiger partial charge in [0, 0.05) is 31.5 Å². The molecular weight excluding hydrogens is 354 g/mol. The molecule has 3 N–H and O–H groups in total. The van der Waals surface area contributed by atoms with Gasteiger partial charge in [-0.1, -0.05) is 19.9 Å². The van der Waals surface area contributed by atoms with E-state index in [1.165, 1.54) is 7.11 Å². The first-order valence-electron chi connectivity index (χ1n) is 8.77. The van der Waals surface area contributed by atoms with Gasteiger partial charge in [-0.15, -0.1) is 12.4 Å². The van der Waals surface area contributed by atoms with E-state index in [-0.39, 0.29) is 30.8 Å². The second-order valence-electron chi connectivity index (χ2n) is 7.24. The van der Waals surface area contributed by atoms with Crippen LogP contribution in [-0.2, 0) is 9.53 Å². The number of halogens is 1. The van der Waals surface area contributed by atoms with E-state index in [0.29, 0.717) is 23.1 Å². The van der Waals surface area contributed by atoms with Gasteiger partial charge < -0.3 is 20.7 Å². The van der Waals surface area contributed by atoms with Crippen LogP contribution in [0, 0.1) is 18.8 Å². The zero-order valence-electron chi connectivity index (χ0n) is 16.0. The molecule has 2 amide bonds. The molecule has 3 unspecified atom stereocenters. The van der Waals surface area contributed by atoms with Gasteiger partial charge in [-0.25, -0.2) is 0 Å². The highest BCUT2D eigenvalue weighted by Gasteiger charge is 2.26. The number of hydrogen-bond donors (Lipinski definition) is 2. The molecule has 1 aromatic carbocycles. The Hall–Kier alpha value is -1.63. The molecule has 0 saturated carbocycles. The zero-order chi connectivity index (χ0) is 18.6. The molecule has 0 spiro atoms. The van der Waals surface area contributed by atoms with Crippen LogP contribution in [0.25, 0.3) is 0 Å². The van der Waals surface area contributed by atoms with Crippen molar-refractivity contribution in [3.63, 3.8) is 0 Å². The molecule has 0 aromatic heterocycles. The summed E-state index contributed by atoms with van der Waals surface area (Å²) in [5.41, 5.74) is 7.84. The van der Waals surface area contributed by atoms with Crippen LogP contribution in [0.5, 0.6) is 0 Å². The third-order valence-electron chi connectivity index (χ3n) is 4.58. The number of anilines is 1. The van der Waals surface area contributed by atoms with Gasteiger partial charge in [-0.3, -0.25) is 9.59 Å². The predicted molar refractivity (Wildman–Crippen MR) is 106 cm³/mol. The predicted octanol–water partition coefficient (Wildman–Crippen LogP) is 2.45. The van der Waals surface area contributed by atoms with Crippen molar-refractivity contribution in [1.29, 1.82) is 0 Å². The number of nitrogens with one attached hydrogen (secondary N) is 1. The molecule has 3 atom stereocenters. The van der Waals surface area contributed by atoms with Crippen molar-refractivity contribution >= 4 is 29.9 Å². The summed E-state index contributed by atoms with van der Waals surface area (Å²) in [4.78, 5) is 26.9. The van der Waals surface area contributed by atoms with Crippen molar-refractivity contribution in [2.75, 3.05) is 32.1 Å². The van der Waals surface area contributed by atoms with E-state index < -0.39 is 6.04 Å². The van der Waals surface area contributed by atoms with E-state index in [1.807, 2.05) is 24.0 Å². The Kier molecular flexibility index (Phi) is 8.53. The molecule has 1 aliphatic rings. The number of hydrogen-bond acceptors (Lipinski definition) is 4. The zero-order valence-corrected chi connectivity index (χ0v) is 16.8. The van der Waals surface area contributed by atoms with Gasteiger partial charge in [-0.2, -0.15) is 0 Å². The lowest BCUT2D eigenvalue weighted by molar-refractivity contribution is -0.118. The molecule has 1 aromatic rings. The third-order valence-corrected chi connectivity index (χ3v) is 4.58. The smallest absolute Gasteiger partial charge is 0.253 e. The van der Waals surface area contributed by atoms with Crippen molar-refractivity contribution in [2.45, 2.75) is 33.2 Å². The molecule has 0 bridgehead atoms. The highest BCUT2D eigenvalue weighted by atomic mass is 35.5. The van der Waals surface area contributed by atoms with Crippen molar-refractivity contribution in [3.8, 4) is 0 Å². The van der Waals surface area contributed by atoms with Gasteiger partial charge in [-0.05, 0) is 42.9 Å². The lowest BCUT2D eigenvalue weighted by Crippen LogP contribution is -2.42. The molecule has 2 rings (SSSR count). The highest BCUT2D eigenvalue weighted by molar-refractivity contribution is 5.99. The van der Waals surface area contributed by atoms with Crippen LogP contribution in [0.2, 0.25) is 0 Å². The molecule has 26 heavy (non-hydrogen) atoms. The van der Waals surface area contributed by atoms with Crippen LogP contribution in [0.1, 0.15) is 36.2 Å². The number of amides is 2. The summed E-state index contributed by atoms with van der Waals surface area (Å²) < 4.78 is 4.91. The summed E-state index contributed by atoms with van der Waals surface area (Å²) in [7, 11) is 1.50. The van der Waals surface area contributed by atoms with Crippen LogP contribution < -0.4 is 11.1 Å². The summed E-state index contributed by atoms with van der Waals surface area (Å²) >= 11 is 0. The molecule has 1 aliphatic heterocycles. The Morgan fingerprint density at radius 3 is 2.50 bits per heavy atom. The standard InChI is InChI=1S/C19H29N3O3.ClH/c1-12-7-13(2)10-22(9-12)19(24)15-6-5-14(3)17(8-15)21-18(23)16(20)11-25-4;/h5-6,8,12-13,16H,7,9-11,20H2,1-4H3,(H,21,23);1H. The number of likely N-dealkylation sites (tertiary alicyclic amines) is 1.